The van der Waals surface area contributed by atoms with E-state index in [1.165, 1.54) is 37.0 Å². The van der Waals surface area contributed by atoms with Crippen LogP contribution in [0.15, 0.2) is 5.38 Å². The van der Waals surface area contributed by atoms with Crippen LogP contribution >= 0.6 is 11.3 Å². The zero-order valence-corrected chi connectivity index (χ0v) is 13.0. The van der Waals surface area contributed by atoms with E-state index in [0.29, 0.717) is 24.1 Å². The Morgan fingerprint density at radius 1 is 1.29 bits per heavy atom. The summed E-state index contributed by atoms with van der Waals surface area (Å²) in [5.41, 5.74) is 0.379. The fourth-order valence-electron chi connectivity index (χ4n) is 2.29. The lowest BCUT2D eigenvalue weighted by Crippen LogP contribution is -2.35. The highest BCUT2D eigenvalue weighted by atomic mass is 32.1. The van der Waals surface area contributed by atoms with Gasteiger partial charge in [-0.25, -0.2) is 9.78 Å². The second-order valence-corrected chi connectivity index (χ2v) is 6.71. The van der Waals surface area contributed by atoms with Crippen molar-refractivity contribution in [2.75, 3.05) is 19.7 Å². The van der Waals surface area contributed by atoms with Crippen molar-refractivity contribution in [3.05, 3.63) is 16.1 Å². The van der Waals surface area contributed by atoms with E-state index in [4.69, 9.17) is 4.74 Å². The van der Waals surface area contributed by atoms with Gasteiger partial charge in [-0.05, 0) is 44.4 Å². The molecule has 2 saturated carbocycles. The minimum atomic E-state index is -0.447. The molecule has 6 heteroatoms. The topological polar surface area (TPSA) is 59.5 Å². The van der Waals surface area contributed by atoms with Gasteiger partial charge in [0, 0.05) is 18.5 Å². The standard InChI is InChI=1S/C15H20N2O3S/c1-2-20-15(19)13-16-12(9-21-13)14(18)17(7-10-3-4-10)8-11-5-6-11/h9-11H,2-8H2,1H3. The molecule has 0 saturated heterocycles. The Morgan fingerprint density at radius 3 is 2.43 bits per heavy atom. The number of carbonyl (C=O) groups is 2. The number of hydrogen-bond donors (Lipinski definition) is 0. The summed E-state index contributed by atoms with van der Waals surface area (Å²) in [4.78, 5) is 30.3. The van der Waals surface area contributed by atoms with E-state index in [-0.39, 0.29) is 10.9 Å². The van der Waals surface area contributed by atoms with Crippen LogP contribution in [0.3, 0.4) is 0 Å². The molecule has 1 aromatic heterocycles. The van der Waals surface area contributed by atoms with Gasteiger partial charge in [0.15, 0.2) is 0 Å². The summed E-state index contributed by atoms with van der Waals surface area (Å²) >= 11 is 1.18. The van der Waals surface area contributed by atoms with Crippen LogP contribution in [0.2, 0.25) is 0 Å². The normalized spacial score (nSPS) is 17.6. The van der Waals surface area contributed by atoms with Crippen molar-refractivity contribution in [3.63, 3.8) is 0 Å². The second-order valence-electron chi connectivity index (χ2n) is 5.86. The molecule has 2 aliphatic carbocycles. The average Bonchev–Trinajstić information content (AvgIpc) is 3.39. The van der Waals surface area contributed by atoms with Crippen LogP contribution in [0.1, 0.15) is 52.9 Å². The summed E-state index contributed by atoms with van der Waals surface area (Å²) in [6, 6.07) is 0. The predicted molar refractivity (Wildman–Crippen MR) is 79.4 cm³/mol. The summed E-state index contributed by atoms with van der Waals surface area (Å²) in [6.45, 7) is 3.74. The number of amides is 1. The molecule has 0 spiro atoms. The highest BCUT2D eigenvalue weighted by Gasteiger charge is 2.32. The molecular formula is C15H20N2O3S. The molecule has 114 valence electrons. The number of carbonyl (C=O) groups excluding carboxylic acids is 2. The molecular weight excluding hydrogens is 288 g/mol. The lowest BCUT2D eigenvalue weighted by molar-refractivity contribution is 0.0526. The first-order chi connectivity index (χ1) is 10.2. The zero-order chi connectivity index (χ0) is 14.8. The summed E-state index contributed by atoms with van der Waals surface area (Å²) in [6.07, 6.45) is 4.89. The van der Waals surface area contributed by atoms with Crippen LogP contribution in [0.5, 0.6) is 0 Å². The third-order valence-electron chi connectivity index (χ3n) is 3.81. The SMILES string of the molecule is CCOC(=O)c1nc(C(=O)N(CC2CC2)CC2CC2)cs1. The number of ether oxygens (including phenoxy) is 1. The Labute approximate surface area is 128 Å². The lowest BCUT2D eigenvalue weighted by Gasteiger charge is -2.21. The number of thiazole rings is 1. The zero-order valence-electron chi connectivity index (χ0n) is 12.2. The molecule has 2 aliphatic rings. The molecule has 0 atom stereocenters. The van der Waals surface area contributed by atoms with Crippen molar-refractivity contribution < 1.29 is 14.3 Å². The Kier molecular flexibility index (Phi) is 4.24. The van der Waals surface area contributed by atoms with Crippen molar-refractivity contribution in [1.82, 2.24) is 9.88 Å². The van der Waals surface area contributed by atoms with Crippen LogP contribution in [0, 0.1) is 11.8 Å². The van der Waals surface area contributed by atoms with Crippen LogP contribution in [-0.2, 0) is 4.74 Å². The quantitative estimate of drug-likeness (QED) is 0.726. The van der Waals surface area contributed by atoms with E-state index in [2.05, 4.69) is 4.98 Å². The lowest BCUT2D eigenvalue weighted by atomic mass is 10.3. The summed E-state index contributed by atoms with van der Waals surface area (Å²) in [5, 5.41) is 1.93. The third-order valence-corrected chi connectivity index (χ3v) is 4.63. The highest BCUT2D eigenvalue weighted by Crippen LogP contribution is 2.34. The fraction of sp³-hybridized carbons (Fsp3) is 0.667. The Balaban J connectivity index is 1.67. The van der Waals surface area contributed by atoms with Gasteiger partial charge in [-0.1, -0.05) is 0 Å². The highest BCUT2D eigenvalue weighted by molar-refractivity contribution is 7.11. The molecule has 0 unspecified atom stereocenters. The van der Waals surface area contributed by atoms with Gasteiger partial charge in [0.1, 0.15) is 5.69 Å². The van der Waals surface area contributed by atoms with Crippen molar-refractivity contribution in [2.45, 2.75) is 32.6 Å². The van der Waals surface area contributed by atoms with Crippen molar-refractivity contribution in [2.24, 2.45) is 11.8 Å². The molecule has 0 aliphatic heterocycles. The van der Waals surface area contributed by atoms with Gasteiger partial charge >= 0.3 is 5.97 Å². The average molecular weight is 308 g/mol. The molecule has 2 fully saturated rings. The van der Waals surface area contributed by atoms with E-state index < -0.39 is 5.97 Å². The molecule has 0 aromatic carbocycles. The molecule has 1 heterocycles. The van der Waals surface area contributed by atoms with Gasteiger partial charge in [-0.2, -0.15) is 0 Å². The minimum absolute atomic E-state index is 0.0411. The van der Waals surface area contributed by atoms with E-state index in [9.17, 15) is 9.59 Å². The minimum Gasteiger partial charge on any atom is -0.461 e. The Hall–Kier alpha value is -1.43. The molecule has 0 bridgehead atoms. The first-order valence-electron chi connectivity index (χ1n) is 7.59. The first kappa shape index (κ1) is 14.5. The first-order valence-corrected chi connectivity index (χ1v) is 8.47. The largest absolute Gasteiger partial charge is 0.461 e. The molecule has 3 rings (SSSR count). The van der Waals surface area contributed by atoms with E-state index in [1.54, 1.807) is 12.3 Å². The summed E-state index contributed by atoms with van der Waals surface area (Å²) in [7, 11) is 0. The van der Waals surface area contributed by atoms with E-state index in [1.807, 2.05) is 4.90 Å². The molecule has 5 nitrogen and oxygen atoms in total. The third kappa shape index (κ3) is 3.81. The van der Waals surface area contributed by atoms with Gasteiger partial charge in [0.25, 0.3) is 5.91 Å². The van der Waals surface area contributed by atoms with Crippen molar-refractivity contribution in [3.8, 4) is 0 Å². The maximum absolute atomic E-state index is 12.6. The maximum atomic E-state index is 12.6. The number of hydrogen-bond acceptors (Lipinski definition) is 5. The van der Waals surface area contributed by atoms with E-state index in [0.717, 1.165) is 13.1 Å². The Bertz CT molecular complexity index is 521. The molecule has 1 aromatic rings. The van der Waals surface area contributed by atoms with Crippen molar-refractivity contribution in [1.29, 1.82) is 0 Å². The second kappa shape index (κ2) is 6.13. The predicted octanol–water partition coefficient (Wildman–Crippen LogP) is 2.58. The molecule has 1 amide bonds. The molecule has 0 radical (unpaired) electrons. The van der Waals surface area contributed by atoms with Crippen molar-refractivity contribution >= 4 is 23.2 Å². The van der Waals surface area contributed by atoms with Gasteiger partial charge < -0.3 is 9.64 Å². The van der Waals surface area contributed by atoms with Crippen LogP contribution in [0.25, 0.3) is 0 Å². The molecule has 0 N–H and O–H groups in total. The van der Waals surface area contributed by atoms with E-state index >= 15 is 0 Å². The summed E-state index contributed by atoms with van der Waals surface area (Å²) < 4.78 is 4.91. The fourth-order valence-corrected chi connectivity index (χ4v) is 2.97. The Morgan fingerprint density at radius 2 is 1.90 bits per heavy atom. The number of esters is 1. The van der Waals surface area contributed by atoms with Crippen LogP contribution < -0.4 is 0 Å². The molecule has 21 heavy (non-hydrogen) atoms. The smallest absolute Gasteiger partial charge is 0.367 e. The van der Waals surface area contributed by atoms with Gasteiger partial charge in [0.05, 0.1) is 6.61 Å². The van der Waals surface area contributed by atoms with Crippen LogP contribution in [-0.4, -0.2) is 41.5 Å². The maximum Gasteiger partial charge on any atom is 0.367 e. The number of rotatable bonds is 7. The van der Waals surface area contributed by atoms with Gasteiger partial charge in [-0.15, -0.1) is 11.3 Å². The number of nitrogens with zero attached hydrogens (tertiary/aromatic N) is 2. The summed E-state index contributed by atoms with van der Waals surface area (Å²) in [5.74, 6) is 0.838. The van der Waals surface area contributed by atoms with Gasteiger partial charge in [0.2, 0.25) is 5.01 Å². The van der Waals surface area contributed by atoms with Crippen LogP contribution in [0.4, 0.5) is 0 Å². The van der Waals surface area contributed by atoms with Gasteiger partial charge in [-0.3, -0.25) is 4.79 Å². The monoisotopic (exact) mass is 308 g/mol. The number of aromatic nitrogens is 1.